The van der Waals surface area contributed by atoms with Crippen LogP contribution in [0, 0.1) is 5.82 Å². The summed E-state index contributed by atoms with van der Waals surface area (Å²) in [5.41, 5.74) is 8.13. The molecule has 0 amide bonds. The predicted molar refractivity (Wildman–Crippen MR) is 176 cm³/mol. The topological polar surface area (TPSA) is 105 Å². The van der Waals surface area contributed by atoms with Gasteiger partial charge >= 0.3 is 6.01 Å². The molecule has 2 aromatic carbocycles. The van der Waals surface area contributed by atoms with Crippen molar-refractivity contribution in [3.8, 4) is 22.9 Å². The zero-order valence-corrected chi connectivity index (χ0v) is 26.2. The van der Waals surface area contributed by atoms with E-state index >= 15 is 4.39 Å². The quantitative estimate of drug-likeness (QED) is 0.216. The zero-order chi connectivity index (χ0) is 30.0. The van der Waals surface area contributed by atoms with Gasteiger partial charge in [-0.1, -0.05) is 23.7 Å². The molecule has 10 rings (SSSR count). The molecule has 9 nitrogen and oxygen atoms in total. The first-order chi connectivity index (χ1) is 22.0. The van der Waals surface area contributed by atoms with Gasteiger partial charge in [0.15, 0.2) is 11.6 Å². The van der Waals surface area contributed by atoms with E-state index in [2.05, 4.69) is 20.1 Å². The maximum absolute atomic E-state index is 17.3. The predicted octanol–water partition coefficient (Wildman–Crippen LogP) is 6.08. The second-order valence-corrected chi connectivity index (χ2v) is 14.8. The van der Waals surface area contributed by atoms with Crippen LogP contribution in [0.2, 0.25) is 5.02 Å². The molecule has 4 N–H and O–H groups in total. The molecule has 12 heteroatoms. The third-order valence-electron chi connectivity index (χ3n) is 11.1. The molecule has 3 aromatic heterocycles. The summed E-state index contributed by atoms with van der Waals surface area (Å²) in [5, 5.41) is 6.23. The number of nitrogens with two attached hydrogens (primary N) is 1. The van der Waals surface area contributed by atoms with Crippen LogP contribution >= 0.6 is 22.9 Å². The Hall–Kier alpha value is -3.38. The number of hydrogen-bond donors (Lipinski definition) is 3. The second kappa shape index (κ2) is 9.57. The lowest BCUT2D eigenvalue weighted by atomic mass is 9.95. The maximum Gasteiger partial charge on any atom is 0.319 e. The summed E-state index contributed by atoms with van der Waals surface area (Å²) in [7, 11) is 0. The van der Waals surface area contributed by atoms with Crippen molar-refractivity contribution in [3.05, 3.63) is 35.2 Å². The lowest BCUT2D eigenvalue weighted by molar-refractivity contribution is 0.108. The summed E-state index contributed by atoms with van der Waals surface area (Å²) >= 11 is 8.82. The number of fused-ring (bicyclic) bond motifs is 9. The highest BCUT2D eigenvalue weighted by Crippen LogP contribution is 2.52. The van der Waals surface area contributed by atoms with Crippen LogP contribution in [0.25, 0.3) is 42.3 Å². The van der Waals surface area contributed by atoms with E-state index in [9.17, 15) is 0 Å². The van der Waals surface area contributed by atoms with Gasteiger partial charge in [-0.05, 0) is 63.2 Å². The summed E-state index contributed by atoms with van der Waals surface area (Å²) < 4.78 is 31.4. The fourth-order valence-corrected chi connectivity index (χ4v) is 10.4. The minimum Gasteiger partial charge on any atom is -0.489 e. The van der Waals surface area contributed by atoms with Crippen LogP contribution in [0.4, 0.5) is 15.9 Å². The fourth-order valence-electron chi connectivity index (χ4n) is 8.99. The Labute approximate surface area is 267 Å². The molecule has 5 aromatic rings. The van der Waals surface area contributed by atoms with Gasteiger partial charge in [0.25, 0.3) is 0 Å². The highest BCUT2D eigenvalue weighted by molar-refractivity contribution is 7.25. The third kappa shape index (κ3) is 3.72. The Bertz CT molecular complexity index is 2040. The van der Waals surface area contributed by atoms with Crippen LogP contribution in [0.1, 0.15) is 38.5 Å². The SMILES string of the molecule is Nc1c[nH]c2sc3cccc(-c4c(Cl)c5c6c(nc(OCC78CCCN7CCC8)nc6c4F)N4C[C@H]6CC[C@H](N6)[C@H]4CO5)c3c12. The Kier molecular flexibility index (Phi) is 5.70. The standard InChI is InChI=1S/C33H33ClFN7O2S/c34-26-23(17-4-1-5-21-22(17)24-18(36)12-37-31(24)45-21)27(35)28-25-29(26)43-14-20-19-7-6-16(38-19)13-42(20)30(25)40-32(39-28)44-15-33-8-2-10-41(33)11-3-9-33/h1,4-5,12,16,19-20,37-38H,2-3,6-11,13-15,36H2/t16-,19+,20-/m1/s1. The molecule has 0 unspecified atom stereocenters. The van der Waals surface area contributed by atoms with E-state index in [1.807, 2.05) is 18.2 Å². The molecule has 8 heterocycles. The Morgan fingerprint density at radius 2 is 2.02 bits per heavy atom. The number of nitrogens with zero attached hydrogens (tertiary/aromatic N) is 4. The molecular weight excluding hydrogens is 613 g/mol. The summed E-state index contributed by atoms with van der Waals surface area (Å²) in [5.74, 6) is 0.572. The van der Waals surface area contributed by atoms with Gasteiger partial charge in [0.1, 0.15) is 29.4 Å². The molecular formula is C33H33ClFN7O2S. The molecule has 0 saturated carbocycles. The van der Waals surface area contributed by atoms with Gasteiger partial charge < -0.3 is 30.4 Å². The van der Waals surface area contributed by atoms with E-state index in [0.717, 1.165) is 65.6 Å². The molecule has 4 fully saturated rings. The summed E-state index contributed by atoms with van der Waals surface area (Å²) in [4.78, 5) is 18.9. The number of piperazine rings is 1. The largest absolute Gasteiger partial charge is 0.489 e. The molecule has 0 radical (unpaired) electrons. The van der Waals surface area contributed by atoms with Crippen LogP contribution in [0.3, 0.4) is 0 Å². The number of halogens is 2. The number of nitrogen functional groups attached to an aromatic ring is 1. The van der Waals surface area contributed by atoms with Crippen molar-refractivity contribution < 1.29 is 13.9 Å². The molecule has 3 atom stereocenters. The smallest absolute Gasteiger partial charge is 0.319 e. The van der Waals surface area contributed by atoms with Crippen LogP contribution in [0.15, 0.2) is 24.4 Å². The fraction of sp³-hybridized carbons (Fsp3) is 0.455. The van der Waals surface area contributed by atoms with Crippen molar-refractivity contribution in [1.82, 2.24) is 25.2 Å². The Morgan fingerprint density at radius 1 is 1.16 bits per heavy atom. The van der Waals surface area contributed by atoms with Gasteiger partial charge in [-0.15, -0.1) is 11.3 Å². The highest BCUT2D eigenvalue weighted by atomic mass is 35.5. The minimum absolute atomic E-state index is 0.0115. The van der Waals surface area contributed by atoms with Gasteiger partial charge in [0.2, 0.25) is 0 Å². The van der Waals surface area contributed by atoms with Crippen molar-refractivity contribution in [3.63, 3.8) is 0 Å². The number of nitrogens with one attached hydrogen (secondary N) is 2. The first kappa shape index (κ1) is 26.8. The van der Waals surface area contributed by atoms with Crippen molar-refractivity contribution in [2.24, 2.45) is 0 Å². The van der Waals surface area contributed by atoms with Crippen molar-refractivity contribution >= 4 is 65.6 Å². The Balaban J connectivity index is 1.20. The number of H-pyrrole nitrogens is 1. The number of aromatic amines is 1. The van der Waals surface area contributed by atoms with Gasteiger partial charge in [-0.2, -0.15) is 9.97 Å². The lowest BCUT2D eigenvalue weighted by Crippen LogP contribution is -2.60. The van der Waals surface area contributed by atoms with Gasteiger partial charge in [-0.25, -0.2) is 4.39 Å². The monoisotopic (exact) mass is 645 g/mol. The van der Waals surface area contributed by atoms with E-state index in [4.69, 9.17) is 36.8 Å². The molecule has 45 heavy (non-hydrogen) atoms. The van der Waals surface area contributed by atoms with E-state index in [1.54, 1.807) is 17.5 Å². The lowest BCUT2D eigenvalue weighted by Gasteiger charge is -2.40. The number of benzene rings is 2. The van der Waals surface area contributed by atoms with Crippen LogP contribution in [-0.2, 0) is 0 Å². The average molecular weight is 646 g/mol. The first-order valence-corrected chi connectivity index (χ1v) is 17.2. The summed E-state index contributed by atoms with van der Waals surface area (Å²) in [6, 6.07) is 6.69. The second-order valence-electron chi connectivity index (χ2n) is 13.4. The molecule has 2 bridgehead atoms. The molecule has 0 aliphatic carbocycles. The maximum atomic E-state index is 17.3. The number of anilines is 2. The van der Waals surface area contributed by atoms with Crippen LogP contribution in [-0.4, -0.2) is 76.4 Å². The first-order valence-electron chi connectivity index (χ1n) is 16.0. The highest BCUT2D eigenvalue weighted by Gasteiger charge is 2.46. The number of rotatable bonds is 4. The minimum atomic E-state index is -0.505. The molecule has 4 saturated heterocycles. The number of hydrogen-bond acceptors (Lipinski definition) is 9. The van der Waals surface area contributed by atoms with E-state index in [0.29, 0.717) is 47.5 Å². The van der Waals surface area contributed by atoms with Crippen LogP contribution < -0.4 is 25.4 Å². The van der Waals surface area contributed by atoms with E-state index in [-0.39, 0.29) is 39.7 Å². The molecule has 232 valence electrons. The normalized spacial score (nSPS) is 25.2. The van der Waals surface area contributed by atoms with Gasteiger partial charge in [0.05, 0.1) is 27.7 Å². The van der Waals surface area contributed by atoms with Crippen LogP contribution in [0.5, 0.6) is 11.8 Å². The van der Waals surface area contributed by atoms with E-state index < -0.39 is 5.82 Å². The molecule has 5 aliphatic rings. The number of aromatic nitrogens is 3. The van der Waals surface area contributed by atoms with Crippen molar-refractivity contribution in [2.45, 2.75) is 62.2 Å². The van der Waals surface area contributed by atoms with Crippen molar-refractivity contribution in [1.29, 1.82) is 0 Å². The summed E-state index contributed by atoms with van der Waals surface area (Å²) in [6.45, 7) is 3.86. The Morgan fingerprint density at radius 3 is 2.89 bits per heavy atom. The van der Waals surface area contributed by atoms with E-state index in [1.165, 1.54) is 12.8 Å². The molecule has 5 aliphatic heterocycles. The third-order valence-corrected chi connectivity index (χ3v) is 12.5. The van der Waals surface area contributed by atoms with Crippen molar-refractivity contribution in [2.75, 3.05) is 43.5 Å². The number of thiophene rings is 1. The van der Waals surface area contributed by atoms with Gasteiger partial charge in [-0.3, -0.25) is 4.90 Å². The summed E-state index contributed by atoms with van der Waals surface area (Å²) in [6.07, 6.45) is 8.47. The van der Waals surface area contributed by atoms with Gasteiger partial charge in [0, 0.05) is 45.9 Å². The molecule has 0 spiro atoms. The zero-order valence-electron chi connectivity index (χ0n) is 24.7. The number of ether oxygens (including phenoxy) is 2. The average Bonchev–Trinajstić information content (AvgIpc) is 3.84.